The molecule has 3 aromatic rings. The number of anilines is 2. The lowest BCUT2D eigenvalue weighted by molar-refractivity contribution is -0.120. The minimum absolute atomic E-state index is 0.0769. The molecule has 5 rings (SSSR count). The molecular weight excluding hydrogens is 592 g/mol. The van der Waals surface area contributed by atoms with Crippen molar-refractivity contribution in [3.8, 4) is 28.4 Å². The van der Waals surface area contributed by atoms with E-state index >= 15 is 0 Å². The van der Waals surface area contributed by atoms with Gasteiger partial charge in [0.1, 0.15) is 6.04 Å². The summed E-state index contributed by atoms with van der Waals surface area (Å²) in [5.41, 5.74) is 4.15. The molecule has 2 amide bonds. The van der Waals surface area contributed by atoms with E-state index in [1.54, 1.807) is 33.5 Å². The highest BCUT2D eigenvalue weighted by molar-refractivity contribution is 7.15. The first-order chi connectivity index (χ1) is 21.7. The summed E-state index contributed by atoms with van der Waals surface area (Å²) in [5.74, 6) is 0.937. The van der Waals surface area contributed by atoms with E-state index in [2.05, 4.69) is 20.9 Å². The Balaban J connectivity index is 1.58. The second-order valence-corrected chi connectivity index (χ2v) is 12.8. The summed E-state index contributed by atoms with van der Waals surface area (Å²) in [6.45, 7) is 5.47. The van der Waals surface area contributed by atoms with Gasteiger partial charge in [0, 0.05) is 17.4 Å². The third-order valence-electron chi connectivity index (χ3n) is 8.80. The van der Waals surface area contributed by atoms with E-state index < -0.39 is 12.1 Å². The van der Waals surface area contributed by atoms with E-state index in [9.17, 15) is 14.4 Å². The Kier molecular flexibility index (Phi) is 9.96. The van der Waals surface area contributed by atoms with Crippen LogP contribution < -0.4 is 35.6 Å². The van der Waals surface area contributed by atoms with Gasteiger partial charge in [-0.15, -0.1) is 11.3 Å². The van der Waals surface area contributed by atoms with Gasteiger partial charge in [0.05, 0.1) is 38.8 Å². The Morgan fingerprint density at radius 2 is 1.80 bits per heavy atom. The number of amides is 2. The normalized spacial score (nSPS) is 16.5. The summed E-state index contributed by atoms with van der Waals surface area (Å²) >= 11 is 1.54. The van der Waals surface area contributed by atoms with Crippen molar-refractivity contribution in [3.63, 3.8) is 0 Å². The van der Waals surface area contributed by atoms with Crippen LogP contribution in [0.1, 0.15) is 74.2 Å². The molecule has 0 radical (unpaired) electrons. The van der Waals surface area contributed by atoms with Gasteiger partial charge in [0.2, 0.25) is 23.0 Å². The van der Waals surface area contributed by atoms with Crippen molar-refractivity contribution < 1.29 is 23.8 Å². The van der Waals surface area contributed by atoms with Gasteiger partial charge in [0.25, 0.3) is 0 Å². The van der Waals surface area contributed by atoms with Gasteiger partial charge in [-0.05, 0) is 79.3 Å². The second-order valence-electron chi connectivity index (χ2n) is 11.7. The van der Waals surface area contributed by atoms with Crippen molar-refractivity contribution in [2.24, 2.45) is 5.92 Å². The summed E-state index contributed by atoms with van der Waals surface area (Å²) < 4.78 is 17.2. The van der Waals surface area contributed by atoms with E-state index in [1.165, 1.54) is 23.1 Å². The van der Waals surface area contributed by atoms with E-state index in [1.807, 2.05) is 26.0 Å². The van der Waals surface area contributed by atoms with Crippen LogP contribution in [0.5, 0.6) is 17.2 Å². The van der Waals surface area contributed by atoms with Crippen molar-refractivity contribution in [3.05, 3.63) is 56.2 Å². The van der Waals surface area contributed by atoms with Crippen LogP contribution in [0, 0.1) is 5.92 Å². The molecule has 0 bridgehead atoms. The van der Waals surface area contributed by atoms with Gasteiger partial charge in [-0.1, -0.05) is 26.3 Å². The van der Waals surface area contributed by atoms with Crippen LogP contribution in [0.15, 0.2) is 29.1 Å². The van der Waals surface area contributed by atoms with E-state index in [0.29, 0.717) is 40.8 Å². The third kappa shape index (κ3) is 6.63. The Bertz CT molecular complexity index is 1630. The van der Waals surface area contributed by atoms with Crippen LogP contribution >= 0.6 is 11.3 Å². The maximum Gasteiger partial charge on any atom is 0.248 e. The van der Waals surface area contributed by atoms with Crippen LogP contribution in [-0.4, -0.2) is 44.2 Å². The van der Waals surface area contributed by atoms with Gasteiger partial charge >= 0.3 is 0 Å². The van der Waals surface area contributed by atoms with Crippen molar-refractivity contribution >= 4 is 34.0 Å². The average Bonchev–Trinajstić information content (AvgIpc) is 3.30. The number of aromatic nitrogens is 1. The number of ether oxygens (including phenoxy) is 3. The van der Waals surface area contributed by atoms with Crippen molar-refractivity contribution in [1.29, 1.82) is 0 Å². The number of carbonyl (C=O) groups excluding carboxylic acids is 2. The first-order valence-electron chi connectivity index (χ1n) is 15.5. The van der Waals surface area contributed by atoms with E-state index in [0.717, 1.165) is 54.5 Å². The minimum atomic E-state index is -0.678. The maximum absolute atomic E-state index is 13.9. The fraction of sp³-hybridized carbons (Fsp3) is 0.471. The summed E-state index contributed by atoms with van der Waals surface area (Å²) in [7, 11) is 4.69. The number of benzene rings is 1. The highest BCUT2D eigenvalue weighted by Crippen LogP contribution is 2.50. The molecule has 1 heterocycles. The molecule has 0 fully saturated rings. The second kappa shape index (κ2) is 13.9. The van der Waals surface area contributed by atoms with E-state index in [-0.39, 0.29) is 28.8 Å². The summed E-state index contributed by atoms with van der Waals surface area (Å²) in [6.07, 6.45) is 6.06. The predicted molar refractivity (Wildman–Crippen MR) is 177 cm³/mol. The van der Waals surface area contributed by atoms with Crippen LogP contribution in [-0.2, 0) is 28.9 Å². The topological polar surface area (TPSA) is 128 Å². The number of methoxy groups -OCH3 is 3. The smallest absolute Gasteiger partial charge is 0.248 e. The Morgan fingerprint density at radius 3 is 2.47 bits per heavy atom. The number of carbonyl (C=O) groups is 2. The van der Waals surface area contributed by atoms with Crippen LogP contribution in [0.3, 0.4) is 0 Å². The van der Waals surface area contributed by atoms with Crippen molar-refractivity contribution in [2.45, 2.75) is 77.8 Å². The molecule has 2 aromatic carbocycles. The largest absolute Gasteiger partial charge is 0.493 e. The molecule has 3 atom stereocenters. The first kappa shape index (κ1) is 32.3. The monoisotopic (exact) mass is 634 g/mol. The van der Waals surface area contributed by atoms with Gasteiger partial charge in [-0.2, -0.15) is 0 Å². The molecule has 240 valence electrons. The third-order valence-corrected chi connectivity index (χ3v) is 9.87. The Morgan fingerprint density at radius 1 is 1.04 bits per heavy atom. The number of fused-ring (bicyclic) bond motifs is 4. The van der Waals surface area contributed by atoms with E-state index in [4.69, 9.17) is 14.2 Å². The Labute approximate surface area is 267 Å². The molecule has 2 aliphatic carbocycles. The summed E-state index contributed by atoms with van der Waals surface area (Å²) in [5, 5.41) is 9.92. The molecule has 11 heteroatoms. The number of hydrogen-bond acceptors (Lipinski definition) is 9. The number of hydrogen-bond donors (Lipinski definition) is 3. The fourth-order valence-electron chi connectivity index (χ4n) is 6.28. The highest BCUT2D eigenvalue weighted by atomic mass is 32.1. The number of aryl methyl sites for hydroxylation is 3. The van der Waals surface area contributed by atoms with Crippen LogP contribution in [0.2, 0.25) is 0 Å². The van der Waals surface area contributed by atoms with Gasteiger partial charge in [0.15, 0.2) is 16.6 Å². The quantitative estimate of drug-likeness (QED) is 0.261. The number of rotatable bonds is 10. The molecule has 10 nitrogen and oxygen atoms in total. The molecule has 0 saturated carbocycles. The average molecular weight is 635 g/mol. The summed E-state index contributed by atoms with van der Waals surface area (Å²) in [4.78, 5) is 45.8. The lowest BCUT2D eigenvalue weighted by Gasteiger charge is -2.23. The lowest BCUT2D eigenvalue weighted by Crippen LogP contribution is -2.40. The van der Waals surface area contributed by atoms with Crippen LogP contribution in [0.4, 0.5) is 10.8 Å². The molecule has 0 saturated heterocycles. The molecule has 3 N–H and O–H groups in total. The SMILES string of the molecule is CC[C@H](C)[C@H](Nc1ccc2c(cc1=O)[C@@H](NC(C)=O)CCc1cc(OC)c(OC)c(OC)c1-2)C(=O)Nc1nc2c(s1)CCCC2. The molecular formula is C34H42N4O6S. The molecule has 2 aliphatic rings. The zero-order chi connectivity index (χ0) is 32.2. The number of nitrogens with one attached hydrogen (secondary N) is 3. The molecule has 0 unspecified atom stereocenters. The van der Waals surface area contributed by atoms with Gasteiger partial charge in [-0.3, -0.25) is 14.4 Å². The molecule has 0 spiro atoms. The number of thiazole rings is 1. The Hall–Kier alpha value is -4.12. The first-order valence-corrected chi connectivity index (χ1v) is 16.3. The summed E-state index contributed by atoms with van der Waals surface area (Å²) in [6, 6.07) is 5.94. The predicted octanol–water partition coefficient (Wildman–Crippen LogP) is 5.66. The minimum Gasteiger partial charge on any atom is -0.493 e. The maximum atomic E-state index is 13.9. The molecule has 0 aliphatic heterocycles. The zero-order valence-electron chi connectivity index (χ0n) is 26.8. The van der Waals surface area contributed by atoms with Crippen molar-refractivity contribution in [1.82, 2.24) is 10.3 Å². The zero-order valence-corrected chi connectivity index (χ0v) is 27.6. The molecule has 1 aromatic heterocycles. The van der Waals surface area contributed by atoms with Crippen LogP contribution in [0.25, 0.3) is 11.1 Å². The standard InChI is InChI=1S/C34H42N4O6S/c1-7-18(2)30(33(41)38-34-37-25-10-8-9-11-28(25)45-34)36-24-15-13-21-22(17-26(24)40)23(35-19(3)39)14-12-20-16-27(42-4)31(43-5)32(44-6)29(20)21/h13,15-18,23,30H,7-12,14H2,1-6H3,(H,35,39)(H,36,40)(H,37,38,41)/t18-,23-,30-/m0/s1. The fourth-order valence-corrected chi connectivity index (χ4v) is 7.34. The molecule has 45 heavy (non-hydrogen) atoms. The number of nitrogens with zero attached hydrogens (tertiary/aromatic N) is 1. The lowest BCUT2D eigenvalue weighted by atomic mass is 9.95. The van der Waals surface area contributed by atoms with Crippen molar-refractivity contribution in [2.75, 3.05) is 32.0 Å². The van der Waals surface area contributed by atoms with Gasteiger partial charge in [-0.25, -0.2) is 4.98 Å². The van der Waals surface area contributed by atoms with Gasteiger partial charge < -0.3 is 30.2 Å². The highest BCUT2D eigenvalue weighted by Gasteiger charge is 2.31.